The lowest BCUT2D eigenvalue weighted by atomic mass is 10.4. The first-order chi connectivity index (χ1) is 7.42. The lowest BCUT2D eigenvalue weighted by Gasteiger charge is -2.08. The minimum atomic E-state index is 0.672. The van der Waals surface area contributed by atoms with Gasteiger partial charge in [-0.15, -0.1) is 0 Å². The summed E-state index contributed by atoms with van der Waals surface area (Å²) < 4.78 is 7.58. The van der Waals surface area contributed by atoms with Gasteiger partial charge in [-0.1, -0.05) is 13.0 Å². The summed E-state index contributed by atoms with van der Waals surface area (Å²) in [6.07, 6.45) is 3.67. The summed E-state index contributed by atoms with van der Waals surface area (Å²) >= 11 is 0. The van der Waals surface area contributed by atoms with Gasteiger partial charge in [-0.3, -0.25) is 4.40 Å². The molecule has 0 aliphatic rings. The number of hydrogen-bond donors (Lipinski definition) is 1. The van der Waals surface area contributed by atoms with E-state index in [1.165, 1.54) is 0 Å². The predicted octanol–water partition coefficient (Wildman–Crippen LogP) is 1.32. The van der Waals surface area contributed by atoms with Gasteiger partial charge < -0.3 is 10.1 Å². The van der Waals surface area contributed by atoms with Crippen LogP contribution in [0.2, 0.25) is 0 Å². The third-order valence-corrected chi connectivity index (χ3v) is 2.17. The highest BCUT2D eigenvalue weighted by molar-refractivity contribution is 5.41. The van der Waals surface area contributed by atoms with Gasteiger partial charge in [0.05, 0.1) is 0 Å². The number of likely N-dealkylation sites (N-methyl/N-ethyl adjacent to an activating group) is 1. The number of rotatable bonds is 5. The molecule has 0 amide bonds. The van der Waals surface area contributed by atoms with Crippen molar-refractivity contribution in [3.05, 3.63) is 30.6 Å². The van der Waals surface area contributed by atoms with E-state index >= 15 is 0 Å². The van der Waals surface area contributed by atoms with Crippen molar-refractivity contribution in [2.45, 2.75) is 6.92 Å². The van der Waals surface area contributed by atoms with Crippen molar-refractivity contribution < 1.29 is 4.74 Å². The van der Waals surface area contributed by atoms with Crippen molar-refractivity contribution in [2.24, 2.45) is 0 Å². The Labute approximate surface area is 88.9 Å². The Morgan fingerprint density at radius 2 is 2.40 bits per heavy atom. The Balaban J connectivity index is 2.04. The predicted molar refractivity (Wildman–Crippen MR) is 59.2 cm³/mol. The number of imidazole rings is 1. The number of ether oxygens (including phenoxy) is 1. The quantitative estimate of drug-likeness (QED) is 0.748. The van der Waals surface area contributed by atoms with Crippen molar-refractivity contribution in [1.82, 2.24) is 14.7 Å². The van der Waals surface area contributed by atoms with Gasteiger partial charge in [0.2, 0.25) is 0 Å². The van der Waals surface area contributed by atoms with Crippen LogP contribution in [0.3, 0.4) is 0 Å². The maximum absolute atomic E-state index is 5.64. The molecule has 4 heteroatoms. The first-order valence-electron chi connectivity index (χ1n) is 5.17. The number of hydrogen-bond acceptors (Lipinski definition) is 3. The van der Waals surface area contributed by atoms with E-state index in [1.54, 1.807) is 6.20 Å². The molecule has 0 bridgehead atoms. The van der Waals surface area contributed by atoms with E-state index in [1.807, 2.05) is 28.8 Å². The minimum absolute atomic E-state index is 0.672. The van der Waals surface area contributed by atoms with Gasteiger partial charge in [0, 0.05) is 18.9 Å². The molecule has 80 valence electrons. The molecule has 0 saturated carbocycles. The van der Waals surface area contributed by atoms with Crippen LogP contribution in [0.5, 0.6) is 5.88 Å². The van der Waals surface area contributed by atoms with Crippen molar-refractivity contribution in [2.75, 3.05) is 19.7 Å². The summed E-state index contributed by atoms with van der Waals surface area (Å²) in [5.41, 5.74) is 0.913. The second-order valence-corrected chi connectivity index (χ2v) is 3.22. The number of nitrogens with zero attached hydrogens (tertiary/aromatic N) is 2. The van der Waals surface area contributed by atoms with Crippen molar-refractivity contribution in [1.29, 1.82) is 0 Å². The van der Waals surface area contributed by atoms with Crippen molar-refractivity contribution >= 4 is 5.65 Å². The van der Waals surface area contributed by atoms with Gasteiger partial charge in [0.15, 0.2) is 5.88 Å². The van der Waals surface area contributed by atoms with Crippen LogP contribution in [0.4, 0.5) is 0 Å². The molecule has 0 fully saturated rings. The number of aromatic nitrogens is 2. The van der Waals surface area contributed by atoms with Crippen LogP contribution in [-0.2, 0) is 0 Å². The number of nitrogens with one attached hydrogen (secondary N) is 1. The number of fused-ring (bicyclic) bond motifs is 1. The average Bonchev–Trinajstić information content (AvgIpc) is 2.73. The van der Waals surface area contributed by atoms with Gasteiger partial charge in [-0.05, 0) is 18.7 Å². The molecule has 2 heterocycles. The fourth-order valence-electron chi connectivity index (χ4n) is 1.44. The summed E-state index contributed by atoms with van der Waals surface area (Å²) in [5.74, 6) is 0.836. The minimum Gasteiger partial charge on any atom is -0.477 e. The SMILES string of the molecule is CCNCCOc1cccc2nccn12. The second kappa shape index (κ2) is 4.79. The molecule has 4 nitrogen and oxygen atoms in total. The molecule has 0 aromatic carbocycles. The summed E-state index contributed by atoms with van der Waals surface area (Å²) in [6.45, 7) is 4.59. The maximum atomic E-state index is 5.64. The van der Waals surface area contributed by atoms with E-state index < -0.39 is 0 Å². The lowest BCUT2D eigenvalue weighted by molar-refractivity contribution is 0.300. The Morgan fingerprint density at radius 3 is 3.27 bits per heavy atom. The Hall–Kier alpha value is -1.55. The molecule has 2 rings (SSSR count). The van der Waals surface area contributed by atoms with E-state index in [2.05, 4.69) is 17.2 Å². The highest BCUT2D eigenvalue weighted by Gasteiger charge is 1.99. The molecule has 0 spiro atoms. The first-order valence-corrected chi connectivity index (χ1v) is 5.17. The molecule has 15 heavy (non-hydrogen) atoms. The molecule has 2 aromatic rings. The van der Waals surface area contributed by atoms with E-state index in [0.717, 1.165) is 24.6 Å². The molecular formula is C11H15N3O. The zero-order valence-corrected chi connectivity index (χ0v) is 8.81. The van der Waals surface area contributed by atoms with Gasteiger partial charge in [0.25, 0.3) is 0 Å². The Morgan fingerprint density at radius 1 is 1.47 bits per heavy atom. The third-order valence-electron chi connectivity index (χ3n) is 2.17. The summed E-state index contributed by atoms with van der Waals surface area (Å²) in [7, 11) is 0. The van der Waals surface area contributed by atoms with Gasteiger partial charge in [-0.2, -0.15) is 0 Å². The molecule has 0 aliphatic carbocycles. The van der Waals surface area contributed by atoms with Crippen LogP contribution in [0.15, 0.2) is 30.6 Å². The fraction of sp³-hybridized carbons (Fsp3) is 0.364. The highest BCUT2D eigenvalue weighted by atomic mass is 16.5. The molecule has 0 saturated heterocycles. The monoisotopic (exact) mass is 205 g/mol. The maximum Gasteiger partial charge on any atom is 0.199 e. The molecule has 2 aromatic heterocycles. The lowest BCUT2D eigenvalue weighted by Crippen LogP contribution is -2.20. The molecule has 0 unspecified atom stereocenters. The molecular weight excluding hydrogens is 190 g/mol. The zero-order chi connectivity index (χ0) is 10.5. The third kappa shape index (κ3) is 2.27. The van der Waals surface area contributed by atoms with Crippen molar-refractivity contribution in [3.8, 4) is 5.88 Å². The highest BCUT2D eigenvalue weighted by Crippen LogP contribution is 2.12. The smallest absolute Gasteiger partial charge is 0.199 e. The van der Waals surface area contributed by atoms with Gasteiger partial charge in [-0.25, -0.2) is 4.98 Å². The molecule has 0 aliphatic heterocycles. The van der Waals surface area contributed by atoms with Crippen LogP contribution in [-0.4, -0.2) is 29.1 Å². The first kappa shape index (κ1) is 9.98. The number of pyridine rings is 1. The second-order valence-electron chi connectivity index (χ2n) is 3.22. The van der Waals surface area contributed by atoms with Crippen LogP contribution in [0.25, 0.3) is 5.65 Å². The molecule has 1 N–H and O–H groups in total. The largest absolute Gasteiger partial charge is 0.477 e. The van der Waals surface area contributed by atoms with E-state index in [9.17, 15) is 0 Å². The van der Waals surface area contributed by atoms with Crippen LogP contribution in [0.1, 0.15) is 6.92 Å². The Kier molecular flexibility index (Phi) is 3.19. The summed E-state index contributed by atoms with van der Waals surface area (Å²) in [6, 6.07) is 5.85. The average molecular weight is 205 g/mol. The van der Waals surface area contributed by atoms with Gasteiger partial charge >= 0.3 is 0 Å². The zero-order valence-electron chi connectivity index (χ0n) is 8.81. The van der Waals surface area contributed by atoms with E-state index in [-0.39, 0.29) is 0 Å². The van der Waals surface area contributed by atoms with E-state index in [4.69, 9.17) is 4.74 Å². The molecule has 0 radical (unpaired) electrons. The molecule has 0 atom stereocenters. The Bertz CT molecular complexity index is 424. The van der Waals surface area contributed by atoms with Crippen LogP contribution < -0.4 is 10.1 Å². The standard InChI is InChI=1S/C11H15N3O/c1-2-12-7-9-15-11-5-3-4-10-13-6-8-14(10)11/h3-6,8,12H,2,7,9H2,1H3. The van der Waals surface area contributed by atoms with E-state index in [0.29, 0.717) is 6.61 Å². The normalized spacial score (nSPS) is 10.7. The summed E-state index contributed by atoms with van der Waals surface area (Å²) in [5, 5.41) is 3.21. The van der Waals surface area contributed by atoms with Gasteiger partial charge in [0.1, 0.15) is 12.3 Å². The topological polar surface area (TPSA) is 38.6 Å². The van der Waals surface area contributed by atoms with Crippen LogP contribution >= 0.6 is 0 Å². The van der Waals surface area contributed by atoms with Crippen molar-refractivity contribution in [3.63, 3.8) is 0 Å². The summed E-state index contributed by atoms with van der Waals surface area (Å²) in [4.78, 5) is 4.19. The fourth-order valence-corrected chi connectivity index (χ4v) is 1.44. The van der Waals surface area contributed by atoms with Crippen LogP contribution in [0, 0.1) is 0 Å².